The minimum atomic E-state index is 0.609. The standard InChI is InChI=1S/C15H21NS/c1-2-5-12(6-3-1)15(13-8-9-13)16-11-14-7-4-10-17-14/h1-3,5-6,13-16H,4,7-11H2. The minimum Gasteiger partial charge on any atom is -0.309 e. The molecule has 1 N–H and O–H groups in total. The lowest BCUT2D eigenvalue weighted by atomic mass is 10.0. The Morgan fingerprint density at radius 1 is 1.18 bits per heavy atom. The van der Waals surface area contributed by atoms with Crippen molar-refractivity contribution in [2.75, 3.05) is 12.3 Å². The van der Waals surface area contributed by atoms with Crippen molar-refractivity contribution in [1.82, 2.24) is 5.32 Å². The van der Waals surface area contributed by atoms with Crippen LogP contribution in [0.3, 0.4) is 0 Å². The highest BCUT2D eigenvalue weighted by molar-refractivity contribution is 8.00. The zero-order valence-electron chi connectivity index (χ0n) is 10.3. The van der Waals surface area contributed by atoms with Crippen LogP contribution in [0.1, 0.15) is 37.3 Å². The molecule has 1 saturated heterocycles. The second kappa shape index (κ2) is 5.45. The summed E-state index contributed by atoms with van der Waals surface area (Å²) in [7, 11) is 0. The van der Waals surface area contributed by atoms with Gasteiger partial charge in [0.15, 0.2) is 0 Å². The van der Waals surface area contributed by atoms with E-state index in [4.69, 9.17) is 0 Å². The molecule has 1 aliphatic carbocycles. The predicted molar refractivity (Wildman–Crippen MR) is 75.4 cm³/mol. The summed E-state index contributed by atoms with van der Waals surface area (Å²) in [6.45, 7) is 1.20. The monoisotopic (exact) mass is 247 g/mol. The second-order valence-corrected chi connectivity index (χ2v) is 6.68. The molecule has 0 bridgehead atoms. The van der Waals surface area contributed by atoms with Gasteiger partial charge in [-0.15, -0.1) is 0 Å². The normalized spacial score (nSPS) is 26.0. The molecule has 1 nitrogen and oxygen atoms in total. The molecule has 1 aliphatic heterocycles. The maximum Gasteiger partial charge on any atom is 0.0349 e. The van der Waals surface area contributed by atoms with Gasteiger partial charge in [0.25, 0.3) is 0 Å². The zero-order valence-corrected chi connectivity index (χ0v) is 11.1. The van der Waals surface area contributed by atoms with Crippen molar-refractivity contribution >= 4 is 11.8 Å². The van der Waals surface area contributed by atoms with Crippen LogP contribution in [0.25, 0.3) is 0 Å². The van der Waals surface area contributed by atoms with Crippen LogP contribution in [-0.4, -0.2) is 17.5 Å². The molecular weight excluding hydrogens is 226 g/mol. The van der Waals surface area contributed by atoms with Crippen LogP contribution in [0, 0.1) is 5.92 Å². The highest BCUT2D eigenvalue weighted by atomic mass is 32.2. The molecule has 2 fully saturated rings. The molecule has 0 aromatic heterocycles. The van der Waals surface area contributed by atoms with Gasteiger partial charge in [-0.25, -0.2) is 0 Å². The molecule has 0 amide bonds. The third kappa shape index (κ3) is 3.05. The number of thioether (sulfide) groups is 1. The topological polar surface area (TPSA) is 12.0 Å². The van der Waals surface area contributed by atoms with Gasteiger partial charge in [-0.05, 0) is 42.9 Å². The quantitative estimate of drug-likeness (QED) is 0.853. The fourth-order valence-electron chi connectivity index (χ4n) is 2.71. The molecule has 1 heterocycles. The van der Waals surface area contributed by atoms with Crippen molar-refractivity contribution in [2.24, 2.45) is 5.92 Å². The Morgan fingerprint density at radius 3 is 2.65 bits per heavy atom. The summed E-state index contributed by atoms with van der Waals surface area (Å²) >= 11 is 2.15. The maximum absolute atomic E-state index is 3.82. The summed E-state index contributed by atoms with van der Waals surface area (Å²) in [5.74, 6) is 2.26. The Balaban J connectivity index is 1.60. The molecule has 0 radical (unpaired) electrons. The maximum atomic E-state index is 3.82. The van der Waals surface area contributed by atoms with Crippen molar-refractivity contribution in [3.63, 3.8) is 0 Å². The van der Waals surface area contributed by atoms with Crippen molar-refractivity contribution < 1.29 is 0 Å². The first kappa shape index (κ1) is 11.6. The molecule has 1 aromatic carbocycles. The molecule has 2 atom stereocenters. The van der Waals surface area contributed by atoms with E-state index in [0.717, 1.165) is 11.2 Å². The first-order valence-corrected chi connectivity index (χ1v) is 7.88. The van der Waals surface area contributed by atoms with Crippen molar-refractivity contribution in [3.8, 4) is 0 Å². The molecule has 2 unspecified atom stereocenters. The largest absolute Gasteiger partial charge is 0.309 e. The van der Waals surface area contributed by atoms with E-state index >= 15 is 0 Å². The van der Waals surface area contributed by atoms with Crippen LogP contribution < -0.4 is 5.32 Å². The summed E-state index contributed by atoms with van der Waals surface area (Å²) in [4.78, 5) is 0. The van der Waals surface area contributed by atoms with E-state index < -0.39 is 0 Å². The summed E-state index contributed by atoms with van der Waals surface area (Å²) < 4.78 is 0. The Labute approximate surface area is 108 Å². The summed E-state index contributed by atoms with van der Waals surface area (Å²) in [6, 6.07) is 11.6. The van der Waals surface area contributed by atoms with Crippen LogP contribution in [0.4, 0.5) is 0 Å². The first-order chi connectivity index (χ1) is 8.43. The number of benzene rings is 1. The van der Waals surface area contributed by atoms with Gasteiger partial charge in [0, 0.05) is 17.8 Å². The van der Waals surface area contributed by atoms with Gasteiger partial charge in [-0.1, -0.05) is 30.3 Å². The van der Waals surface area contributed by atoms with Crippen molar-refractivity contribution in [1.29, 1.82) is 0 Å². The van der Waals surface area contributed by atoms with Crippen LogP contribution in [0.5, 0.6) is 0 Å². The summed E-state index contributed by atoms with van der Waals surface area (Å²) in [5, 5.41) is 4.68. The van der Waals surface area contributed by atoms with E-state index in [-0.39, 0.29) is 0 Å². The fraction of sp³-hybridized carbons (Fsp3) is 0.600. The summed E-state index contributed by atoms with van der Waals surface area (Å²) in [5.41, 5.74) is 1.48. The van der Waals surface area contributed by atoms with Crippen LogP contribution in [0.2, 0.25) is 0 Å². The molecule has 1 aromatic rings. The lowest BCUT2D eigenvalue weighted by molar-refractivity contribution is 0.477. The van der Waals surface area contributed by atoms with E-state index in [1.54, 1.807) is 0 Å². The van der Waals surface area contributed by atoms with E-state index in [1.807, 2.05) is 0 Å². The second-order valence-electron chi connectivity index (χ2n) is 5.27. The van der Waals surface area contributed by atoms with E-state index in [0.29, 0.717) is 6.04 Å². The first-order valence-electron chi connectivity index (χ1n) is 6.83. The van der Waals surface area contributed by atoms with Gasteiger partial charge in [0.2, 0.25) is 0 Å². The average Bonchev–Trinajstić information content (AvgIpc) is 3.07. The number of hydrogen-bond donors (Lipinski definition) is 1. The number of hydrogen-bond acceptors (Lipinski definition) is 2. The van der Waals surface area contributed by atoms with Crippen LogP contribution in [0.15, 0.2) is 30.3 Å². The van der Waals surface area contributed by atoms with Crippen LogP contribution >= 0.6 is 11.8 Å². The van der Waals surface area contributed by atoms with Gasteiger partial charge in [0.1, 0.15) is 0 Å². The molecule has 1 saturated carbocycles. The molecule has 0 spiro atoms. The SMILES string of the molecule is c1ccc(C(NCC2CCCS2)C2CC2)cc1. The van der Waals surface area contributed by atoms with Gasteiger partial charge >= 0.3 is 0 Å². The summed E-state index contributed by atoms with van der Waals surface area (Å²) in [6.07, 6.45) is 5.63. The lowest BCUT2D eigenvalue weighted by Crippen LogP contribution is -2.29. The number of nitrogens with one attached hydrogen (secondary N) is 1. The van der Waals surface area contributed by atoms with Crippen molar-refractivity contribution in [3.05, 3.63) is 35.9 Å². The van der Waals surface area contributed by atoms with E-state index in [2.05, 4.69) is 47.4 Å². The molecule has 17 heavy (non-hydrogen) atoms. The van der Waals surface area contributed by atoms with E-state index in [9.17, 15) is 0 Å². The highest BCUT2D eigenvalue weighted by Crippen LogP contribution is 2.41. The van der Waals surface area contributed by atoms with E-state index in [1.165, 1.54) is 43.5 Å². The molecule has 2 aliphatic rings. The Hall–Kier alpha value is -0.470. The minimum absolute atomic E-state index is 0.609. The van der Waals surface area contributed by atoms with Gasteiger partial charge in [-0.2, -0.15) is 11.8 Å². The number of rotatable bonds is 5. The fourth-order valence-corrected chi connectivity index (χ4v) is 3.92. The molecular formula is C15H21NS. The Morgan fingerprint density at radius 2 is 2.00 bits per heavy atom. The average molecular weight is 247 g/mol. The Kier molecular flexibility index (Phi) is 3.72. The molecule has 3 rings (SSSR count). The molecule has 2 heteroatoms. The predicted octanol–water partition coefficient (Wildman–Crippen LogP) is 3.62. The third-order valence-corrected chi connectivity index (χ3v) is 5.24. The zero-order chi connectivity index (χ0) is 11.5. The van der Waals surface area contributed by atoms with Gasteiger partial charge in [0.05, 0.1) is 0 Å². The lowest BCUT2D eigenvalue weighted by Gasteiger charge is -2.21. The Bertz CT molecular complexity index is 341. The van der Waals surface area contributed by atoms with Gasteiger partial charge in [-0.3, -0.25) is 0 Å². The van der Waals surface area contributed by atoms with Crippen LogP contribution in [-0.2, 0) is 0 Å². The van der Waals surface area contributed by atoms with Gasteiger partial charge < -0.3 is 5.32 Å². The smallest absolute Gasteiger partial charge is 0.0349 e. The molecule has 92 valence electrons. The van der Waals surface area contributed by atoms with Crippen molar-refractivity contribution in [2.45, 2.75) is 37.0 Å². The third-order valence-electron chi connectivity index (χ3n) is 3.84. The highest BCUT2D eigenvalue weighted by Gasteiger charge is 2.32.